The van der Waals surface area contributed by atoms with Gasteiger partial charge in [0.2, 0.25) is 11.8 Å². The van der Waals surface area contributed by atoms with Gasteiger partial charge in [-0.2, -0.15) is 0 Å². The summed E-state index contributed by atoms with van der Waals surface area (Å²) in [5, 5.41) is 23.1. The van der Waals surface area contributed by atoms with Crippen molar-refractivity contribution in [2.45, 2.75) is 62.2 Å². The van der Waals surface area contributed by atoms with Crippen LogP contribution in [0, 0.1) is 11.7 Å². The number of nitrogens with two attached hydrogens (primary N) is 1. The van der Waals surface area contributed by atoms with E-state index >= 15 is 0 Å². The van der Waals surface area contributed by atoms with Crippen LogP contribution in [0.1, 0.15) is 49.3 Å². The fourth-order valence-electron chi connectivity index (χ4n) is 6.78. The van der Waals surface area contributed by atoms with Gasteiger partial charge in [-0.15, -0.1) is 0 Å². The SMILES string of the molecule is Nc1c(Oc2ccc(F)cc2)ncn(CC2(O)CCN(C(=O)[C@@H]3CC[C@](O)(Cc4ccccn4)C[C@H]3c3ccccc3)CC2)c1=O. The van der Waals surface area contributed by atoms with Crippen LogP contribution in [0.25, 0.3) is 0 Å². The molecule has 2 aromatic heterocycles. The number of aromatic nitrogens is 3. The zero-order chi connectivity index (χ0) is 32.3. The summed E-state index contributed by atoms with van der Waals surface area (Å²) < 4.78 is 20.0. The number of hydrogen-bond donors (Lipinski definition) is 3. The molecule has 240 valence electrons. The summed E-state index contributed by atoms with van der Waals surface area (Å²) in [6.07, 6.45) is 5.42. The fraction of sp³-hybridized carbons (Fsp3) is 0.371. The monoisotopic (exact) mass is 627 g/mol. The number of piperidine rings is 1. The predicted molar refractivity (Wildman–Crippen MR) is 170 cm³/mol. The minimum atomic E-state index is -1.25. The minimum Gasteiger partial charge on any atom is -0.437 e. The first kappa shape index (κ1) is 31.4. The third kappa shape index (κ3) is 6.95. The number of rotatable bonds is 8. The highest BCUT2D eigenvalue weighted by Crippen LogP contribution is 2.45. The number of ether oxygens (including phenoxy) is 1. The lowest BCUT2D eigenvalue weighted by Gasteiger charge is -2.44. The molecule has 4 aromatic rings. The van der Waals surface area contributed by atoms with Crippen LogP contribution in [0.2, 0.25) is 0 Å². The summed E-state index contributed by atoms with van der Waals surface area (Å²) in [7, 11) is 0. The van der Waals surface area contributed by atoms with Gasteiger partial charge in [-0.1, -0.05) is 36.4 Å². The average molecular weight is 628 g/mol. The number of likely N-dealkylation sites (tertiary alicyclic amines) is 1. The molecule has 2 aromatic carbocycles. The van der Waals surface area contributed by atoms with Crippen LogP contribution >= 0.6 is 0 Å². The molecule has 1 aliphatic carbocycles. The average Bonchev–Trinajstić information content (AvgIpc) is 3.06. The lowest BCUT2D eigenvalue weighted by Crippen LogP contribution is -2.52. The molecule has 0 bridgehead atoms. The van der Waals surface area contributed by atoms with E-state index in [0.717, 1.165) is 11.3 Å². The Morgan fingerprint density at radius 2 is 1.67 bits per heavy atom. The summed E-state index contributed by atoms with van der Waals surface area (Å²) in [5.74, 6) is -0.714. The number of anilines is 1. The van der Waals surface area contributed by atoms with E-state index in [1.165, 1.54) is 35.2 Å². The van der Waals surface area contributed by atoms with Crippen molar-refractivity contribution < 1.29 is 24.1 Å². The van der Waals surface area contributed by atoms with Crippen molar-refractivity contribution in [2.24, 2.45) is 5.92 Å². The van der Waals surface area contributed by atoms with E-state index in [0.29, 0.717) is 38.8 Å². The van der Waals surface area contributed by atoms with Crippen molar-refractivity contribution in [2.75, 3.05) is 18.8 Å². The lowest BCUT2D eigenvalue weighted by molar-refractivity contribution is -0.144. The predicted octanol–water partition coefficient (Wildman–Crippen LogP) is 4.06. The first-order chi connectivity index (χ1) is 22.1. The molecule has 3 atom stereocenters. The van der Waals surface area contributed by atoms with E-state index in [4.69, 9.17) is 10.5 Å². The number of amides is 1. The van der Waals surface area contributed by atoms with Crippen LogP contribution < -0.4 is 16.0 Å². The first-order valence-electron chi connectivity index (χ1n) is 15.6. The maximum atomic E-state index is 14.0. The molecule has 0 unspecified atom stereocenters. The Balaban J connectivity index is 1.11. The van der Waals surface area contributed by atoms with Crippen molar-refractivity contribution in [3.63, 3.8) is 0 Å². The number of nitrogens with zero attached hydrogens (tertiary/aromatic N) is 4. The molecule has 1 saturated heterocycles. The Morgan fingerprint density at radius 3 is 2.37 bits per heavy atom. The first-order valence-corrected chi connectivity index (χ1v) is 15.6. The number of hydrogen-bond acceptors (Lipinski definition) is 8. The van der Waals surface area contributed by atoms with Gasteiger partial charge in [0.25, 0.3) is 5.56 Å². The Hall–Kier alpha value is -4.61. The maximum Gasteiger partial charge on any atom is 0.280 e. The molecule has 11 heteroatoms. The molecule has 3 heterocycles. The molecular weight excluding hydrogens is 589 g/mol. The number of benzene rings is 2. The molecule has 4 N–H and O–H groups in total. The molecule has 2 fully saturated rings. The lowest BCUT2D eigenvalue weighted by atomic mass is 9.67. The Bertz CT molecular complexity index is 1710. The fourth-order valence-corrected chi connectivity index (χ4v) is 6.78. The Labute approximate surface area is 266 Å². The van der Waals surface area contributed by atoms with E-state index in [9.17, 15) is 24.2 Å². The summed E-state index contributed by atoms with van der Waals surface area (Å²) in [6.45, 7) is 0.614. The highest BCUT2D eigenvalue weighted by molar-refractivity contribution is 5.80. The topological polar surface area (TPSA) is 144 Å². The van der Waals surface area contributed by atoms with Gasteiger partial charge in [0.15, 0.2) is 5.69 Å². The van der Waals surface area contributed by atoms with Crippen LogP contribution in [0.4, 0.5) is 10.1 Å². The van der Waals surface area contributed by atoms with Gasteiger partial charge in [-0.3, -0.25) is 19.1 Å². The second kappa shape index (κ2) is 13.0. The molecule has 2 aliphatic rings. The van der Waals surface area contributed by atoms with Gasteiger partial charge >= 0.3 is 0 Å². The highest BCUT2D eigenvalue weighted by Gasteiger charge is 2.45. The van der Waals surface area contributed by atoms with Crippen LogP contribution in [0.15, 0.2) is 90.1 Å². The number of halogens is 1. The number of nitrogen functional groups attached to an aromatic ring is 1. The number of pyridine rings is 1. The number of aliphatic hydroxyl groups is 2. The van der Waals surface area contributed by atoms with Crippen molar-refractivity contribution >= 4 is 11.6 Å². The van der Waals surface area contributed by atoms with E-state index < -0.39 is 22.6 Å². The van der Waals surface area contributed by atoms with Crippen LogP contribution in [-0.2, 0) is 17.8 Å². The molecule has 46 heavy (non-hydrogen) atoms. The van der Waals surface area contributed by atoms with E-state index in [1.54, 1.807) is 11.1 Å². The van der Waals surface area contributed by atoms with Crippen LogP contribution in [0.3, 0.4) is 0 Å². The third-order valence-corrected chi connectivity index (χ3v) is 9.32. The van der Waals surface area contributed by atoms with Crippen LogP contribution in [0.5, 0.6) is 11.6 Å². The van der Waals surface area contributed by atoms with Gasteiger partial charge in [-0.25, -0.2) is 9.37 Å². The minimum absolute atomic E-state index is 0.0150. The Morgan fingerprint density at radius 1 is 0.957 bits per heavy atom. The summed E-state index contributed by atoms with van der Waals surface area (Å²) in [5.41, 5.74) is 4.85. The van der Waals surface area contributed by atoms with Gasteiger partial charge < -0.3 is 25.6 Å². The molecule has 0 spiro atoms. The molecule has 10 nitrogen and oxygen atoms in total. The summed E-state index contributed by atoms with van der Waals surface area (Å²) >= 11 is 0. The molecule has 1 saturated carbocycles. The van der Waals surface area contributed by atoms with Crippen LogP contribution in [-0.4, -0.2) is 59.8 Å². The zero-order valence-electron chi connectivity index (χ0n) is 25.5. The van der Waals surface area contributed by atoms with Gasteiger partial charge in [0.1, 0.15) is 17.9 Å². The van der Waals surface area contributed by atoms with Gasteiger partial charge in [0.05, 0.1) is 17.7 Å². The molecule has 6 rings (SSSR count). The second-order valence-corrected chi connectivity index (χ2v) is 12.6. The van der Waals surface area contributed by atoms with Gasteiger partial charge in [0, 0.05) is 37.3 Å². The molecular formula is C35H38FN5O5. The second-order valence-electron chi connectivity index (χ2n) is 12.6. The third-order valence-electron chi connectivity index (χ3n) is 9.32. The summed E-state index contributed by atoms with van der Waals surface area (Å²) in [4.78, 5) is 37.4. The van der Waals surface area contributed by atoms with Crippen molar-refractivity contribution in [1.29, 1.82) is 0 Å². The van der Waals surface area contributed by atoms with E-state index in [-0.39, 0.29) is 54.4 Å². The smallest absolute Gasteiger partial charge is 0.280 e. The van der Waals surface area contributed by atoms with E-state index in [1.807, 2.05) is 48.5 Å². The molecule has 0 radical (unpaired) electrons. The number of carbonyl (C=O) groups is 1. The van der Waals surface area contributed by atoms with Crippen molar-refractivity contribution in [3.8, 4) is 11.6 Å². The highest BCUT2D eigenvalue weighted by atomic mass is 19.1. The largest absolute Gasteiger partial charge is 0.437 e. The Kier molecular flexibility index (Phi) is 8.88. The quantitative estimate of drug-likeness (QED) is 0.265. The standard InChI is InChI=1S/C35H38FN5O5/c36-25-9-11-27(12-10-25)46-31-30(37)33(43)41(23-39-31)22-34(44)15-18-40(19-16-34)32(42)28-13-14-35(45,20-26-8-4-5-17-38-26)21-29(28)24-6-2-1-3-7-24/h1-12,17,23,28-29,44-45H,13-16,18-22,37H2/t28-,29+,35+/m1/s1. The molecule has 1 aliphatic heterocycles. The molecule has 1 amide bonds. The van der Waals surface area contributed by atoms with Crippen molar-refractivity contribution in [1.82, 2.24) is 19.4 Å². The normalized spacial score (nSPS) is 22.7. The van der Waals surface area contributed by atoms with Crippen molar-refractivity contribution in [3.05, 3.63) is 113 Å². The van der Waals surface area contributed by atoms with Gasteiger partial charge in [-0.05, 0) is 80.0 Å². The zero-order valence-corrected chi connectivity index (χ0v) is 25.5. The van der Waals surface area contributed by atoms with E-state index in [2.05, 4.69) is 9.97 Å². The maximum absolute atomic E-state index is 14.0. The number of carbonyl (C=O) groups excluding carboxylic acids is 1. The summed E-state index contributed by atoms with van der Waals surface area (Å²) in [6, 6.07) is 20.8.